The molecular weight excluding hydrogens is 382 g/mol. The Labute approximate surface area is 173 Å². The number of ether oxygens (including phenoxy) is 2. The molecule has 8 heteroatoms. The molecule has 2 aromatic heterocycles. The summed E-state index contributed by atoms with van der Waals surface area (Å²) in [5.74, 6) is 1.04. The Morgan fingerprint density at radius 3 is 2.97 bits per heavy atom. The van der Waals surface area contributed by atoms with Crippen LogP contribution in [0.2, 0.25) is 0 Å². The van der Waals surface area contributed by atoms with Crippen molar-refractivity contribution < 1.29 is 14.3 Å². The third-order valence-corrected chi connectivity index (χ3v) is 5.41. The van der Waals surface area contributed by atoms with E-state index in [0.29, 0.717) is 36.8 Å². The standard InChI is InChI=1S/C22H21N5O3/c1-14-11-18(27-22(25-14)23-13-24-27)19-12-26(9-10-30-19)21(28)17-8-7-15-5-3-4-6-16(15)20(17)29-2/h3-8,11,13,19H,9-10,12H2,1-2H3. The molecule has 4 aromatic rings. The lowest BCUT2D eigenvalue weighted by Crippen LogP contribution is -2.42. The molecule has 30 heavy (non-hydrogen) atoms. The average molecular weight is 403 g/mol. The van der Waals surface area contributed by atoms with E-state index < -0.39 is 0 Å². The van der Waals surface area contributed by atoms with Crippen LogP contribution in [0.4, 0.5) is 0 Å². The largest absolute Gasteiger partial charge is 0.495 e. The molecule has 1 atom stereocenters. The molecule has 0 N–H and O–H groups in total. The molecule has 0 bridgehead atoms. The molecule has 0 aliphatic carbocycles. The van der Waals surface area contributed by atoms with Crippen LogP contribution < -0.4 is 4.74 Å². The average Bonchev–Trinajstić information content (AvgIpc) is 3.25. The van der Waals surface area contributed by atoms with E-state index in [1.807, 2.05) is 49.4 Å². The number of amides is 1. The summed E-state index contributed by atoms with van der Waals surface area (Å²) in [6, 6.07) is 13.6. The summed E-state index contributed by atoms with van der Waals surface area (Å²) in [5.41, 5.74) is 2.21. The van der Waals surface area contributed by atoms with Gasteiger partial charge in [-0.3, -0.25) is 4.79 Å². The van der Waals surface area contributed by atoms with Crippen LogP contribution in [-0.2, 0) is 4.74 Å². The fourth-order valence-corrected chi connectivity index (χ4v) is 4.00. The number of methoxy groups -OCH3 is 1. The highest BCUT2D eigenvalue weighted by Crippen LogP contribution is 2.32. The van der Waals surface area contributed by atoms with Gasteiger partial charge in [0.1, 0.15) is 18.2 Å². The quantitative estimate of drug-likeness (QED) is 0.523. The van der Waals surface area contributed by atoms with Gasteiger partial charge in [0.05, 0.1) is 31.5 Å². The number of aromatic nitrogens is 4. The molecule has 3 heterocycles. The number of hydrogen-bond acceptors (Lipinski definition) is 6. The lowest BCUT2D eigenvalue weighted by molar-refractivity contribution is -0.0257. The van der Waals surface area contributed by atoms with Crippen LogP contribution in [0.3, 0.4) is 0 Å². The first-order valence-electron chi connectivity index (χ1n) is 9.79. The molecule has 1 aliphatic heterocycles. The van der Waals surface area contributed by atoms with Crippen LogP contribution in [0.1, 0.15) is 27.8 Å². The number of fused-ring (bicyclic) bond motifs is 2. The second-order valence-electron chi connectivity index (χ2n) is 7.27. The minimum atomic E-state index is -0.319. The highest BCUT2D eigenvalue weighted by molar-refractivity contribution is 6.03. The molecule has 152 valence electrons. The van der Waals surface area contributed by atoms with Crippen LogP contribution in [0.25, 0.3) is 16.6 Å². The molecule has 1 unspecified atom stereocenters. The van der Waals surface area contributed by atoms with Crippen LogP contribution in [0.5, 0.6) is 5.75 Å². The van der Waals surface area contributed by atoms with Crippen molar-refractivity contribution in [1.29, 1.82) is 0 Å². The van der Waals surface area contributed by atoms with E-state index in [1.165, 1.54) is 6.33 Å². The summed E-state index contributed by atoms with van der Waals surface area (Å²) < 4.78 is 13.3. The second-order valence-corrected chi connectivity index (χ2v) is 7.27. The lowest BCUT2D eigenvalue weighted by atomic mass is 10.0. The zero-order valence-electron chi connectivity index (χ0n) is 16.8. The second kappa shape index (κ2) is 7.38. The lowest BCUT2D eigenvalue weighted by Gasteiger charge is -2.33. The minimum Gasteiger partial charge on any atom is -0.495 e. The number of carbonyl (C=O) groups excluding carboxylic acids is 1. The van der Waals surface area contributed by atoms with Crippen LogP contribution in [-0.4, -0.2) is 57.2 Å². The Kier molecular flexibility index (Phi) is 4.55. The van der Waals surface area contributed by atoms with E-state index in [0.717, 1.165) is 22.2 Å². The number of morpholine rings is 1. The first kappa shape index (κ1) is 18.5. The topological polar surface area (TPSA) is 81.8 Å². The van der Waals surface area contributed by atoms with E-state index in [1.54, 1.807) is 16.5 Å². The Morgan fingerprint density at radius 2 is 2.10 bits per heavy atom. The Bertz CT molecular complexity index is 1250. The van der Waals surface area contributed by atoms with Gasteiger partial charge < -0.3 is 14.4 Å². The van der Waals surface area contributed by atoms with Crippen molar-refractivity contribution in [2.45, 2.75) is 13.0 Å². The van der Waals surface area contributed by atoms with Gasteiger partial charge in [0.25, 0.3) is 11.7 Å². The van der Waals surface area contributed by atoms with Crippen LogP contribution >= 0.6 is 0 Å². The van der Waals surface area contributed by atoms with Crippen molar-refractivity contribution in [3.8, 4) is 5.75 Å². The molecule has 2 aromatic carbocycles. The number of carbonyl (C=O) groups is 1. The minimum absolute atomic E-state index is 0.0773. The third kappa shape index (κ3) is 3.05. The number of hydrogen-bond donors (Lipinski definition) is 0. The van der Waals surface area contributed by atoms with Gasteiger partial charge in [-0.25, -0.2) is 4.98 Å². The first-order chi connectivity index (χ1) is 14.7. The molecule has 0 radical (unpaired) electrons. The SMILES string of the molecule is COc1c(C(=O)N2CCOC(c3cc(C)nc4ncnn34)C2)ccc2ccccc12. The number of benzene rings is 2. The molecule has 8 nitrogen and oxygen atoms in total. The Hall–Kier alpha value is -3.52. The van der Waals surface area contributed by atoms with Gasteiger partial charge >= 0.3 is 0 Å². The smallest absolute Gasteiger partial charge is 0.257 e. The predicted octanol–water partition coefficient (Wildman–Crippen LogP) is 2.81. The van der Waals surface area contributed by atoms with Crippen molar-refractivity contribution in [3.63, 3.8) is 0 Å². The van der Waals surface area contributed by atoms with Crippen LogP contribution in [0.15, 0.2) is 48.8 Å². The maximum atomic E-state index is 13.4. The summed E-state index contributed by atoms with van der Waals surface area (Å²) in [7, 11) is 1.60. The Balaban J connectivity index is 1.49. The van der Waals surface area contributed by atoms with Gasteiger partial charge in [-0.1, -0.05) is 30.3 Å². The fourth-order valence-electron chi connectivity index (χ4n) is 4.00. The molecule has 0 spiro atoms. The van der Waals surface area contributed by atoms with Gasteiger partial charge in [-0.2, -0.15) is 14.6 Å². The molecule has 1 amide bonds. The summed E-state index contributed by atoms with van der Waals surface area (Å²) in [5, 5.41) is 6.22. The number of nitrogens with zero attached hydrogens (tertiary/aromatic N) is 5. The number of rotatable bonds is 3. The van der Waals surface area contributed by atoms with Crippen LogP contribution in [0, 0.1) is 6.92 Å². The summed E-state index contributed by atoms with van der Waals surface area (Å²) >= 11 is 0. The predicted molar refractivity (Wildman–Crippen MR) is 111 cm³/mol. The van der Waals surface area contributed by atoms with Gasteiger partial charge in [0, 0.05) is 17.6 Å². The normalized spacial score (nSPS) is 16.9. The highest BCUT2D eigenvalue weighted by atomic mass is 16.5. The summed E-state index contributed by atoms with van der Waals surface area (Å²) in [6.07, 6.45) is 1.15. The highest BCUT2D eigenvalue weighted by Gasteiger charge is 2.30. The molecule has 1 aliphatic rings. The van der Waals surface area contributed by atoms with E-state index in [9.17, 15) is 4.79 Å². The molecule has 0 saturated carbocycles. The third-order valence-electron chi connectivity index (χ3n) is 5.41. The van der Waals surface area contributed by atoms with Crippen molar-refractivity contribution in [1.82, 2.24) is 24.5 Å². The van der Waals surface area contributed by atoms with Crippen molar-refractivity contribution >= 4 is 22.5 Å². The maximum absolute atomic E-state index is 13.4. The zero-order valence-corrected chi connectivity index (χ0v) is 16.8. The summed E-state index contributed by atoms with van der Waals surface area (Å²) in [4.78, 5) is 23.8. The maximum Gasteiger partial charge on any atom is 0.257 e. The molecule has 5 rings (SSSR count). The van der Waals surface area contributed by atoms with Gasteiger partial charge in [-0.15, -0.1) is 0 Å². The molecule has 1 saturated heterocycles. The van der Waals surface area contributed by atoms with Crippen molar-refractivity contribution in [2.24, 2.45) is 0 Å². The monoisotopic (exact) mass is 403 g/mol. The summed E-state index contributed by atoms with van der Waals surface area (Å²) in [6.45, 7) is 3.26. The Morgan fingerprint density at radius 1 is 1.23 bits per heavy atom. The fraction of sp³-hybridized carbons (Fsp3) is 0.273. The van der Waals surface area contributed by atoms with E-state index in [4.69, 9.17) is 9.47 Å². The van der Waals surface area contributed by atoms with Gasteiger partial charge in [0.15, 0.2) is 0 Å². The van der Waals surface area contributed by atoms with Gasteiger partial charge in [-0.05, 0) is 24.4 Å². The zero-order chi connectivity index (χ0) is 20.7. The van der Waals surface area contributed by atoms with E-state index >= 15 is 0 Å². The molecular formula is C22H21N5O3. The first-order valence-corrected chi connectivity index (χ1v) is 9.79. The number of aryl methyl sites for hydroxylation is 1. The van der Waals surface area contributed by atoms with E-state index in [2.05, 4.69) is 15.1 Å². The van der Waals surface area contributed by atoms with E-state index in [-0.39, 0.29) is 12.0 Å². The van der Waals surface area contributed by atoms with Gasteiger partial charge in [0.2, 0.25) is 0 Å². The van der Waals surface area contributed by atoms with Crippen molar-refractivity contribution in [3.05, 3.63) is 65.7 Å². The molecule has 1 fully saturated rings. The van der Waals surface area contributed by atoms with Crippen molar-refractivity contribution in [2.75, 3.05) is 26.8 Å².